The number of carbonyl (C=O) groups is 3. The van der Waals surface area contributed by atoms with Crippen LogP contribution in [0.2, 0.25) is 0 Å². The van der Waals surface area contributed by atoms with Gasteiger partial charge in [0.15, 0.2) is 0 Å². The first-order valence-corrected chi connectivity index (χ1v) is 11.0. The number of nitrogens with one attached hydrogen (secondary N) is 4. The smallest absolute Gasteiger partial charge is 0.408 e. The van der Waals surface area contributed by atoms with E-state index in [1.807, 2.05) is 54.6 Å². The molecule has 0 unspecified atom stereocenters. The maximum atomic E-state index is 13.1. The van der Waals surface area contributed by atoms with Gasteiger partial charge in [-0.15, -0.1) is 0 Å². The van der Waals surface area contributed by atoms with Crippen molar-refractivity contribution >= 4 is 28.9 Å². The van der Waals surface area contributed by atoms with Crippen molar-refractivity contribution in [3.8, 4) is 0 Å². The number of carbonyl (C=O) groups excluding carboxylic acids is 2. The summed E-state index contributed by atoms with van der Waals surface area (Å²) in [6, 6.07) is 14.3. The fourth-order valence-corrected chi connectivity index (χ4v) is 3.73. The Morgan fingerprint density at radius 3 is 2.46 bits per heavy atom. The number of H-pyrrole nitrogens is 2. The Labute approximate surface area is 200 Å². The molecule has 2 heterocycles. The van der Waals surface area contributed by atoms with Crippen LogP contribution in [0.25, 0.3) is 10.9 Å². The largest absolute Gasteiger partial charge is 0.480 e. The zero-order chi connectivity index (χ0) is 24.6. The maximum Gasteiger partial charge on any atom is 0.408 e. The minimum atomic E-state index is -1.20. The van der Waals surface area contributed by atoms with Crippen LogP contribution in [-0.4, -0.2) is 50.1 Å². The van der Waals surface area contributed by atoms with Crippen LogP contribution in [0, 0.1) is 0 Å². The molecule has 0 spiro atoms. The molecule has 2 aromatic heterocycles. The minimum Gasteiger partial charge on any atom is -0.480 e. The predicted octanol–water partition coefficient (Wildman–Crippen LogP) is 2.54. The summed E-state index contributed by atoms with van der Waals surface area (Å²) in [7, 11) is 0. The number of rotatable bonds is 10. The molecule has 0 saturated carbocycles. The van der Waals surface area contributed by atoms with E-state index >= 15 is 0 Å². The number of benzene rings is 2. The first-order chi connectivity index (χ1) is 17.0. The number of hydrogen-bond acceptors (Lipinski definition) is 5. The fourth-order valence-electron chi connectivity index (χ4n) is 3.73. The van der Waals surface area contributed by atoms with E-state index in [0.717, 1.165) is 22.0 Å². The van der Waals surface area contributed by atoms with E-state index < -0.39 is 30.1 Å². The van der Waals surface area contributed by atoms with Gasteiger partial charge in [-0.3, -0.25) is 4.79 Å². The summed E-state index contributed by atoms with van der Waals surface area (Å²) in [6.45, 7) is 0.0311. The number of amides is 2. The van der Waals surface area contributed by atoms with E-state index in [0.29, 0.717) is 5.69 Å². The summed E-state index contributed by atoms with van der Waals surface area (Å²) in [5, 5.41) is 15.7. The standard InChI is InChI=1S/C25H25N5O5/c31-23(29-22(24(32)33)10-17-12-27-20-9-5-4-8-19(17)20)21(11-18-13-26-15-28-18)30-25(34)35-14-16-6-2-1-3-7-16/h1-9,12-13,15,21-22,27H,10-11,14H2,(H,26,28)(H,29,31)(H,30,34)(H,32,33)/t21-,22+/m0/s1. The molecule has 2 amide bonds. The van der Waals surface area contributed by atoms with Gasteiger partial charge < -0.3 is 30.4 Å². The van der Waals surface area contributed by atoms with Crippen LogP contribution < -0.4 is 10.6 Å². The van der Waals surface area contributed by atoms with Gasteiger partial charge in [0.05, 0.1) is 6.33 Å². The Kier molecular flexibility index (Phi) is 7.41. The molecular formula is C25H25N5O5. The molecule has 0 aliphatic carbocycles. The van der Waals surface area contributed by atoms with Gasteiger partial charge in [-0.2, -0.15) is 0 Å². The van der Waals surface area contributed by atoms with Crippen molar-refractivity contribution in [3.63, 3.8) is 0 Å². The van der Waals surface area contributed by atoms with Crippen LogP contribution in [0.4, 0.5) is 4.79 Å². The van der Waals surface area contributed by atoms with Crippen molar-refractivity contribution in [1.29, 1.82) is 0 Å². The van der Waals surface area contributed by atoms with Gasteiger partial charge >= 0.3 is 12.1 Å². The third kappa shape index (κ3) is 6.26. The monoisotopic (exact) mass is 475 g/mol. The minimum absolute atomic E-state index is 0.0311. The van der Waals surface area contributed by atoms with Gasteiger partial charge in [0.1, 0.15) is 18.7 Å². The molecule has 4 rings (SSSR count). The van der Waals surface area contributed by atoms with Crippen LogP contribution in [0.5, 0.6) is 0 Å². The highest BCUT2D eigenvalue weighted by atomic mass is 16.5. The van der Waals surface area contributed by atoms with E-state index in [2.05, 4.69) is 25.6 Å². The first-order valence-electron chi connectivity index (χ1n) is 11.0. The Morgan fingerprint density at radius 1 is 0.943 bits per heavy atom. The van der Waals surface area contributed by atoms with Gasteiger partial charge in [0.2, 0.25) is 5.91 Å². The van der Waals surface area contributed by atoms with Gasteiger partial charge in [-0.05, 0) is 17.2 Å². The van der Waals surface area contributed by atoms with E-state index in [1.165, 1.54) is 12.5 Å². The normalized spacial score (nSPS) is 12.6. The molecule has 10 heteroatoms. The number of carboxylic acids is 1. The topological polar surface area (TPSA) is 149 Å². The van der Waals surface area contributed by atoms with Crippen molar-refractivity contribution in [2.45, 2.75) is 31.5 Å². The molecule has 5 N–H and O–H groups in total. The van der Waals surface area contributed by atoms with Crippen LogP contribution in [0.15, 0.2) is 73.3 Å². The second-order valence-electron chi connectivity index (χ2n) is 8.00. The molecule has 4 aromatic rings. The van der Waals surface area contributed by atoms with Crippen LogP contribution in [0.3, 0.4) is 0 Å². The van der Waals surface area contributed by atoms with Crippen LogP contribution >= 0.6 is 0 Å². The lowest BCUT2D eigenvalue weighted by Crippen LogP contribution is -2.53. The zero-order valence-electron chi connectivity index (χ0n) is 18.7. The molecule has 2 atom stereocenters. The molecule has 0 aliphatic rings. The number of nitrogens with zero attached hydrogens (tertiary/aromatic N) is 1. The molecule has 0 aliphatic heterocycles. The molecular weight excluding hydrogens is 450 g/mol. The molecule has 0 saturated heterocycles. The number of carboxylic acid groups (broad SMARTS) is 1. The number of ether oxygens (including phenoxy) is 1. The van der Waals surface area contributed by atoms with Crippen molar-refractivity contribution in [1.82, 2.24) is 25.6 Å². The third-order valence-corrected chi connectivity index (χ3v) is 5.51. The Bertz CT molecular complexity index is 1290. The number of aromatic amines is 2. The van der Waals surface area contributed by atoms with Crippen LogP contribution in [-0.2, 0) is 33.8 Å². The van der Waals surface area contributed by atoms with Crippen LogP contribution in [0.1, 0.15) is 16.8 Å². The lowest BCUT2D eigenvalue weighted by molar-refractivity contribution is -0.142. The molecule has 35 heavy (non-hydrogen) atoms. The molecule has 10 nitrogen and oxygen atoms in total. The SMILES string of the molecule is O=C(N[C@@H](Cc1cnc[nH]1)C(=O)N[C@H](Cc1c[nH]c2ccccc12)C(=O)O)OCc1ccccc1. The highest BCUT2D eigenvalue weighted by Crippen LogP contribution is 2.19. The summed E-state index contributed by atoms with van der Waals surface area (Å²) in [4.78, 5) is 47.4. The maximum absolute atomic E-state index is 13.1. The summed E-state index contributed by atoms with van der Waals surface area (Å²) < 4.78 is 5.24. The van der Waals surface area contributed by atoms with E-state index in [1.54, 1.807) is 6.20 Å². The van der Waals surface area contributed by atoms with E-state index in [-0.39, 0.29) is 19.4 Å². The average Bonchev–Trinajstić information content (AvgIpc) is 3.52. The van der Waals surface area contributed by atoms with Crippen molar-refractivity contribution in [2.75, 3.05) is 0 Å². The number of hydrogen-bond donors (Lipinski definition) is 5. The molecule has 180 valence electrons. The molecule has 0 bridgehead atoms. The predicted molar refractivity (Wildman–Crippen MR) is 127 cm³/mol. The highest BCUT2D eigenvalue weighted by Gasteiger charge is 2.28. The zero-order valence-corrected chi connectivity index (χ0v) is 18.7. The molecule has 0 fully saturated rings. The molecule has 0 radical (unpaired) electrons. The van der Waals surface area contributed by atoms with Gasteiger partial charge in [-0.25, -0.2) is 14.6 Å². The number of fused-ring (bicyclic) bond motifs is 1. The van der Waals surface area contributed by atoms with Gasteiger partial charge in [0, 0.05) is 41.8 Å². The Morgan fingerprint density at radius 2 is 1.71 bits per heavy atom. The average molecular weight is 476 g/mol. The Balaban J connectivity index is 1.44. The lowest BCUT2D eigenvalue weighted by Gasteiger charge is -2.21. The van der Waals surface area contributed by atoms with E-state index in [4.69, 9.17) is 4.74 Å². The molecule has 2 aromatic carbocycles. The number of imidazole rings is 1. The second-order valence-corrected chi connectivity index (χ2v) is 8.00. The summed E-state index contributed by atoms with van der Waals surface area (Å²) in [5.74, 6) is -1.83. The van der Waals surface area contributed by atoms with Crippen molar-refractivity contribution in [2.24, 2.45) is 0 Å². The van der Waals surface area contributed by atoms with Crippen molar-refractivity contribution < 1.29 is 24.2 Å². The fraction of sp³-hybridized carbons (Fsp3) is 0.200. The summed E-state index contributed by atoms with van der Waals surface area (Å²) in [5.41, 5.74) is 3.02. The second kappa shape index (κ2) is 11.0. The summed E-state index contributed by atoms with van der Waals surface area (Å²) in [6.07, 6.45) is 4.06. The number of aromatic nitrogens is 3. The number of aliphatic carboxylic acids is 1. The Hall–Kier alpha value is -4.60. The highest BCUT2D eigenvalue weighted by molar-refractivity contribution is 5.90. The number of alkyl carbamates (subject to hydrolysis) is 1. The summed E-state index contributed by atoms with van der Waals surface area (Å²) >= 11 is 0. The quantitative estimate of drug-likeness (QED) is 0.238. The van der Waals surface area contributed by atoms with Gasteiger partial charge in [-0.1, -0.05) is 48.5 Å². The van der Waals surface area contributed by atoms with E-state index in [9.17, 15) is 19.5 Å². The lowest BCUT2D eigenvalue weighted by atomic mass is 10.0. The van der Waals surface area contributed by atoms with Crippen molar-refractivity contribution in [3.05, 3.63) is 90.1 Å². The van der Waals surface area contributed by atoms with Gasteiger partial charge in [0.25, 0.3) is 0 Å². The number of para-hydroxylation sites is 1. The first kappa shape index (κ1) is 23.6. The third-order valence-electron chi connectivity index (χ3n) is 5.51.